The van der Waals surface area contributed by atoms with Gasteiger partial charge in [-0.3, -0.25) is 30.2 Å². The van der Waals surface area contributed by atoms with Gasteiger partial charge >= 0.3 is 0 Å². The molecule has 0 radical (unpaired) electrons. The summed E-state index contributed by atoms with van der Waals surface area (Å²) in [5, 5.41) is 6.53. The van der Waals surface area contributed by atoms with Crippen molar-refractivity contribution in [2.75, 3.05) is 56.9 Å². The lowest BCUT2D eigenvalue weighted by Crippen LogP contribution is -2.47. The Labute approximate surface area is 297 Å². The number of aldehydes is 1. The molecule has 12 nitrogen and oxygen atoms in total. The molecule has 2 aliphatic rings. The van der Waals surface area contributed by atoms with E-state index in [-0.39, 0.29) is 23.1 Å². The first-order chi connectivity index (χ1) is 24.1. The fourth-order valence-electron chi connectivity index (χ4n) is 7.03. The van der Waals surface area contributed by atoms with E-state index in [9.17, 15) is 14.4 Å². The summed E-state index contributed by atoms with van der Waals surface area (Å²) in [4.78, 5) is 45.8. The number of rotatable bonds is 15. The van der Waals surface area contributed by atoms with Crippen molar-refractivity contribution in [3.63, 3.8) is 0 Å². The molecule has 0 saturated carbocycles. The monoisotopic (exact) mass is 690 g/mol. The molecule has 2 aromatic rings. The Morgan fingerprint density at radius 1 is 1.04 bits per heavy atom. The summed E-state index contributed by atoms with van der Waals surface area (Å²) in [5.41, 5.74) is 15.4. The van der Waals surface area contributed by atoms with E-state index in [1.807, 2.05) is 20.8 Å². The summed E-state index contributed by atoms with van der Waals surface area (Å²) < 4.78 is 6.18. The highest BCUT2D eigenvalue weighted by atomic mass is 16.5. The highest BCUT2D eigenvalue weighted by molar-refractivity contribution is 6.04. The number of hydrogen-bond donors (Lipinski definition) is 5. The Hall–Kier alpha value is -4.16. The number of unbranched alkanes of at least 4 members (excludes halogenated alkanes) is 1. The van der Waals surface area contributed by atoms with Crippen molar-refractivity contribution < 1.29 is 19.1 Å². The molecule has 12 heteroatoms. The number of guanidine groups is 1. The van der Waals surface area contributed by atoms with Crippen LogP contribution in [0.4, 0.5) is 11.4 Å². The van der Waals surface area contributed by atoms with Gasteiger partial charge in [-0.2, -0.15) is 0 Å². The van der Waals surface area contributed by atoms with Crippen LogP contribution in [0.3, 0.4) is 0 Å². The summed E-state index contributed by atoms with van der Waals surface area (Å²) in [6, 6.07) is 10.1. The van der Waals surface area contributed by atoms with Gasteiger partial charge < -0.3 is 30.9 Å². The van der Waals surface area contributed by atoms with Crippen LogP contribution in [0.2, 0.25) is 0 Å². The maximum Gasteiger partial charge on any atom is 0.270 e. The fraction of sp³-hybridized carbons (Fsp3) is 0.579. The van der Waals surface area contributed by atoms with Crippen molar-refractivity contribution >= 4 is 35.4 Å². The molecular weight excluding hydrogens is 632 g/mol. The number of ether oxygens (including phenoxy) is 1. The molecule has 2 heterocycles. The summed E-state index contributed by atoms with van der Waals surface area (Å²) in [5.74, 6) is 0.931. The van der Waals surface area contributed by atoms with E-state index in [4.69, 9.17) is 10.5 Å². The first kappa shape index (κ1) is 38.6. The SMILES string of the molecule is CCCCC(=O)NNC(=O)c1cccc(NCCCN2CCC(N3CCC(c4cc(OC(C)C)c(NC(N)=NC)cc4C)CC3)CC2)c1C=O. The molecule has 2 aromatic carbocycles. The van der Waals surface area contributed by atoms with Crippen molar-refractivity contribution in [3.8, 4) is 5.75 Å². The average Bonchev–Trinajstić information content (AvgIpc) is 3.12. The Morgan fingerprint density at radius 2 is 1.78 bits per heavy atom. The van der Waals surface area contributed by atoms with Gasteiger partial charge in [0.1, 0.15) is 5.75 Å². The molecule has 0 spiro atoms. The number of piperidine rings is 2. The smallest absolute Gasteiger partial charge is 0.270 e. The molecule has 50 heavy (non-hydrogen) atoms. The molecule has 0 aliphatic carbocycles. The Balaban J connectivity index is 1.20. The maximum absolute atomic E-state index is 12.7. The number of anilines is 2. The van der Waals surface area contributed by atoms with Crippen LogP contribution >= 0.6 is 0 Å². The van der Waals surface area contributed by atoms with Gasteiger partial charge in [0, 0.05) is 31.7 Å². The van der Waals surface area contributed by atoms with Gasteiger partial charge in [-0.05, 0) is 133 Å². The average molecular weight is 691 g/mol. The van der Waals surface area contributed by atoms with Gasteiger partial charge in [-0.25, -0.2) is 0 Å². The van der Waals surface area contributed by atoms with Crippen LogP contribution in [0.5, 0.6) is 5.75 Å². The quantitative estimate of drug-likeness (QED) is 0.0568. The number of nitrogens with two attached hydrogens (primary N) is 1. The van der Waals surface area contributed by atoms with Crippen molar-refractivity contribution in [3.05, 3.63) is 52.6 Å². The van der Waals surface area contributed by atoms with Crippen LogP contribution in [0, 0.1) is 6.92 Å². The lowest BCUT2D eigenvalue weighted by molar-refractivity contribution is -0.121. The third-order valence-electron chi connectivity index (χ3n) is 9.79. The predicted octanol–water partition coefficient (Wildman–Crippen LogP) is 5.05. The van der Waals surface area contributed by atoms with Crippen LogP contribution in [0.25, 0.3) is 0 Å². The molecule has 0 bridgehead atoms. The first-order valence-corrected chi connectivity index (χ1v) is 18.3. The van der Waals surface area contributed by atoms with E-state index >= 15 is 0 Å². The van der Waals surface area contributed by atoms with E-state index in [0.717, 1.165) is 76.3 Å². The Kier molecular flexibility index (Phi) is 14.9. The van der Waals surface area contributed by atoms with Crippen LogP contribution in [-0.4, -0.2) is 92.3 Å². The van der Waals surface area contributed by atoms with Crippen molar-refractivity contribution in [1.29, 1.82) is 0 Å². The largest absolute Gasteiger partial charge is 0.489 e. The summed E-state index contributed by atoms with van der Waals surface area (Å²) in [6.45, 7) is 14.3. The molecule has 4 rings (SSSR count). The second-order valence-corrected chi connectivity index (χ2v) is 13.8. The molecule has 2 amide bonds. The minimum atomic E-state index is -0.510. The number of hydrogen-bond acceptors (Lipinski definition) is 8. The van der Waals surface area contributed by atoms with E-state index in [1.54, 1.807) is 25.2 Å². The predicted molar refractivity (Wildman–Crippen MR) is 201 cm³/mol. The standard InChI is InChI=1S/C38H58N8O4/c1-6-7-12-36(48)43-44-37(49)30-10-8-11-33(32(30)25-47)41-17-9-18-45-19-15-29(16-20-45)46-21-13-28(14-22-46)31-24-35(50-26(2)3)34(23-27(31)4)42-38(39)40-5/h8,10-11,23-26,28-29,41H,6-7,9,12-22H2,1-5H3,(H,43,48)(H,44,49)(H3,39,40,42). The second-order valence-electron chi connectivity index (χ2n) is 13.8. The molecule has 2 saturated heterocycles. The van der Waals surface area contributed by atoms with E-state index in [1.165, 1.54) is 24.0 Å². The van der Waals surface area contributed by atoms with Gasteiger partial charge in [-0.15, -0.1) is 0 Å². The zero-order valence-corrected chi connectivity index (χ0v) is 30.6. The number of nitrogens with one attached hydrogen (secondary N) is 4. The normalized spacial score (nSPS) is 16.6. The highest BCUT2D eigenvalue weighted by Gasteiger charge is 2.30. The minimum Gasteiger partial charge on any atom is -0.489 e. The van der Waals surface area contributed by atoms with Crippen LogP contribution in [0.15, 0.2) is 35.3 Å². The second kappa shape index (κ2) is 19.3. The molecule has 0 unspecified atom stereocenters. The van der Waals surface area contributed by atoms with E-state index in [2.05, 4.69) is 55.3 Å². The molecule has 2 aliphatic heterocycles. The van der Waals surface area contributed by atoms with Gasteiger partial charge in [0.25, 0.3) is 5.91 Å². The van der Waals surface area contributed by atoms with Crippen LogP contribution in [0.1, 0.15) is 110 Å². The van der Waals surface area contributed by atoms with Gasteiger partial charge in [0.05, 0.1) is 22.9 Å². The zero-order valence-electron chi connectivity index (χ0n) is 30.6. The number of aliphatic imine (C=N–C) groups is 1. The Morgan fingerprint density at radius 3 is 2.44 bits per heavy atom. The van der Waals surface area contributed by atoms with Crippen molar-refractivity contribution in [2.24, 2.45) is 10.7 Å². The van der Waals surface area contributed by atoms with E-state index in [0.29, 0.717) is 42.9 Å². The summed E-state index contributed by atoms with van der Waals surface area (Å²) in [7, 11) is 1.67. The molecule has 6 N–H and O–H groups in total. The minimum absolute atomic E-state index is 0.0550. The Bertz CT molecular complexity index is 1460. The van der Waals surface area contributed by atoms with Crippen molar-refractivity contribution in [1.82, 2.24) is 20.7 Å². The first-order valence-electron chi connectivity index (χ1n) is 18.3. The molecule has 2 fully saturated rings. The fourth-order valence-corrected chi connectivity index (χ4v) is 7.03. The zero-order chi connectivity index (χ0) is 36.0. The number of carbonyl (C=O) groups excluding carboxylic acids is 3. The molecular formula is C38H58N8O4. The van der Waals surface area contributed by atoms with Gasteiger partial charge in [-0.1, -0.05) is 19.4 Å². The summed E-state index contributed by atoms with van der Waals surface area (Å²) in [6.07, 6.45) is 8.26. The number of hydrazine groups is 1. The molecule has 0 atom stereocenters. The van der Waals surface area contributed by atoms with Gasteiger partial charge in [0.15, 0.2) is 12.2 Å². The number of amides is 2. The third kappa shape index (κ3) is 10.9. The number of aryl methyl sites for hydroxylation is 1. The highest BCUT2D eigenvalue weighted by Crippen LogP contribution is 2.38. The maximum atomic E-state index is 12.7. The lowest BCUT2D eigenvalue weighted by atomic mass is 9.85. The number of carbonyl (C=O) groups is 3. The molecule has 274 valence electrons. The van der Waals surface area contributed by atoms with Crippen LogP contribution < -0.4 is 32.0 Å². The molecule has 0 aromatic heterocycles. The van der Waals surface area contributed by atoms with Gasteiger partial charge in [0.2, 0.25) is 5.91 Å². The van der Waals surface area contributed by atoms with Crippen LogP contribution in [-0.2, 0) is 4.79 Å². The topological polar surface area (TPSA) is 153 Å². The van der Waals surface area contributed by atoms with Crippen molar-refractivity contribution in [2.45, 2.75) is 97.1 Å². The number of likely N-dealkylation sites (tertiary alicyclic amines) is 2. The lowest BCUT2D eigenvalue weighted by Gasteiger charge is -2.42. The third-order valence-corrected chi connectivity index (χ3v) is 9.79. The number of nitrogens with zero attached hydrogens (tertiary/aromatic N) is 3. The van der Waals surface area contributed by atoms with E-state index < -0.39 is 5.91 Å². The summed E-state index contributed by atoms with van der Waals surface area (Å²) >= 11 is 0. The number of benzene rings is 2.